The molecule has 0 unspecified atom stereocenters. The largest absolute Gasteiger partial charge is 0.475 e. The van der Waals surface area contributed by atoms with Crippen LogP contribution in [0, 0.1) is 0 Å². The number of nitrogens with one attached hydrogen (secondary N) is 1. The van der Waals surface area contributed by atoms with Crippen molar-refractivity contribution in [3.05, 3.63) is 59.0 Å². The quantitative estimate of drug-likeness (QED) is 0.855. The third-order valence-electron chi connectivity index (χ3n) is 3.17. The van der Waals surface area contributed by atoms with Crippen LogP contribution in [0.4, 0.5) is 0 Å². The minimum Gasteiger partial charge on any atom is -0.475 e. The van der Waals surface area contributed by atoms with Gasteiger partial charge in [0.15, 0.2) is 5.76 Å². The van der Waals surface area contributed by atoms with E-state index in [1.165, 1.54) is 17.7 Å². The summed E-state index contributed by atoms with van der Waals surface area (Å²) >= 11 is 0. The summed E-state index contributed by atoms with van der Waals surface area (Å²) in [4.78, 5) is 22.4. The number of carboxylic acid groups (broad SMARTS) is 1. The normalized spacial score (nSPS) is 10.3. The van der Waals surface area contributed by atoms with Gasteiger partial charge in [0.05, 0.1) is 0 Å². The zero-order valence-corrected chi connectivity index (χ0v) is 11.8. The minimum atomic E-state index is -1.19. The topological polar surface area (TPSA) is 79.5 Å². The average molecular weight is 287 g/mol. The maximum absolute atomic E-state index is 11.8. The lowest BCUT2D eigenvalue weighted by Gasteiger charge is -2.04. The predicted molar refractivity (Wildman–Crippen MR) is 77.5 cm³/mol. The van der Waals surface area contributed by atoms with Gasteiger partial charge in [-0.2, -0.15) is 0 Å². The molecule has 0 spiro atoms. The Labute approximate surface area is 122 Å². The Morgan fingerprint density at radius 2 is 1.67 bits per heavy atom. The van der Waals surface area contributed by atoms with Crippen LogP contribution in [0.15, 0.2) is 40.8 Å². The van der Waals surface area contributed by atoms with E-state index in [9.17, 15) is 9.59 Å². The van der Waals surface area contributed by atoms with E-state index in [2.05, 4.69) is 24.4 Å². The van der Waals surface area contributed by atoms with Crippen LogP contribution in [0.5, 0.6) is 0 Å². The van der Waals surface area contributed by atoms with Gasteiger partial charge in [0, 0.05) is 6.54 Å². The molecule has 2 rings (SSSR count). The summed E-state index contributed by atoms with van der Waals surface area (Å²) in [7, 11) is 0. The molecule has 2 aromatic rings. The second-order valence-electron chi connectivity index (χ2n) is 4.65. The van der Waals surface area contributed by atoms with Crippen molar-refractivity contribution < 1.29 is 19.1 Å². The highest BCUT2D eigenvalue weighted by atomic mass is 16.4. The SMILES string of the molecule is CCc1ccc(CCNC(=O)c2ccc(C(=O)O)o2)cc1. The lowest BCUT2D eigenvalue weighted by Crippen LogP contribution is -2.25. The number of carboxylic acids is 1. The Hall–Kier alpha value is -2.56. The summed E-state index contributed by atoms with van der Waals surface area (Å²) in [6, 6.07) is 10.8. The summed E-state index contributed by atoms with van der Waals surface area (Å²) in [5.41, 5.74) is 2.41. The number of aryl methyl sites for hydroxylation is 1. The van der Waals surface area contributed by atoms with Crippen LogP contribution in [0.3, 0.4) is 0 Å². The molecule has 1 heterocycles. The van der Waals surface area contributed by atoms with Crippen LogP contribution in [0.2, 0.25) is 0 Å². The standard InChI is InChI=1S/C16H17NO4/c1-2-11-3-5-12(6-4-11)9-10-17-15(18)13-7-8-14(21-13)16(19)20/h3-8H,2,9-10H2,1H3,(H,17,18)(H,19,20). The molecule has 1 aromatic heterocycles. The molecule has 1 amide bonds. The van der Waals surface area contributed by atoms with Crippen LogP contribution < -0.4 is 5.32 Å². The monoisotopic (exact) mass is 287 g/mol. The molecule has 0 aliphatic rings. The van der Waals surface area contributed by atoms with Gasteiger partial charge < -0.3 is 14.8 Å². The van der Waals surface area contributed by atoms with E-state index in [1.54, 1.807) is 0 Å². The van der Waals surface area contributed by atoms with Gasteiger partial charge >= 0.3 is 5.97 Å². The van der Waals surface area contributed by atoms with Crippen molar-refractivity contribution in [1.82, 2.24) is 5.32 Å². The first kappa shape index (κ1) is 14.8. The second kappa shape index (κ2) is 6.74. The van der Waals surface area contributed by atoms with Crippen molar-refractivity contribution in [3.63, 3.8) is 0 Å². The van der Waals surface area contributed by atoms with Crippen molar-refractivity contribution in [2.45, 2.75) is 19.8 Å². The smallest absolute Gasteiger partial charge is 0.371 e. The van der Waals surface area contributed by atoms with E-state index in [1.807, 2.05) is 12.1 Å². The van der Waals surface area contributed by atoms with Gasteiger partial charge in [0.2, 0.25) is 5.76 Å². The van der Waals surface area contributed by atoms with E-state index in [4.69, 9.17) is 9.52 Å². The molecular formula is C16H17NO4. The van der Waals surface area contributed by atoms with Crippen molar-refractivity contribution in [1.29, 1.82) is 0 Å². The Morgan fingerprint density at radius 3 is 2.24 bits per heavy atom. The molecule has 0 aliphatic heterocycles. The van der Waals surface area contributed by atoms with E-state index >= 15 is 0 Å². The van der Waals surface area contributed by atoms with Crippen LogP contribution in [-0.2, 0) is 12.8 Å². The van der Waals surface area contributed by atoms with E-state index in [0.717, 1.165) is 12.0 Å². The molecule has 0 atom stereocenters. The summed E-state index contributed by atoms with van der Waals surface area (Å²) in [6.45, 7) is 2.57. The number of amides is 1. The summed E-state index contributed by atoms with van der Waals surface area (Å²) in [5.74, 6) is -1.83. The molecular weight excluding hydrogens is 270 g/mol. The molecule has 0 saturated carbocycles. The van der Waals surface area contributed by atoms with Crippen molar-refractivity contribution >= 4 is 11.9 Å². The van der Waals surface area contributed by atoms with E-state index in [-0.39, 0.29) is 11.5 Å². The third kappa shape index (κ3) is 3.95. The number of hydrogen-bond acceptors (Lipinski definition) is 3. The average Bonchev–Trinajstić information content (AvgIpc) is 2.98. The molecule has 21 heavy (non-hydrogen) atoms. The number of hydrogen-bond donors (Lipinski definition) is 2. The van der Waals surface area contributed by atoms with Crippen LogP contribution in [-0.4, -0.2) is 23.5 Å². The first-order chi connectivity index (χ1) is 10.1. The molecule has 0 fully saturated rings. The minimum absolute atomic E-state index is 0.00808. The molecule has 2 N–H and O–H groups in total. The lowest BCUT2D eigenvalue weighted by molar-refractivity contribution is 0.0659. The highest BCUT2D eigenvalue weighted by molar-refractivity contribution is 5.93. The van der Waals surface area contributed by atoms with Crippen molar-refractivity contribution in [3.8, 4) is 0 Å². The fraction of sp³-hybridized carbons (Fsp3) is 0.250. The summed E-state index contributed by atoms with van der Waals surface area (Å²) < 4.78 is 4.93. The van der Waals surface area contributed by atoms with Crippen LogP contribution >= 0.6 is 0 Å². The third-order valence-corrected chi connectivity index (χ3v) is 3.17. The summed E-state index contributed by atoms with van der Waals surface area (Å²) in [6.07, 6.45) is 1.71. The summed E-state index contributed by atoms with van der Waals surface area (Å²) in [5, 5.41) is 11.4. The fourth-order valence-electron chi connectivity index (χ4n) is 1.92. The van der Waals surface area contributed by atoms with Crippen molar-refractivity contribution in [2.75, 3.05) is 6.54 Å². The Kier molecular flexibility index (Phi) is 4.77. The van der Waals surface area contributed by atoms with Crippen molar-refractivity contribution in [2.24, 2.45) is 0 Å². The van der Waals surface area contributed by atoms with Gasteiger partial charge in [-0.05, 0) is 36.1 Å². The first-order valence-electron chi connectivity index (χ1n) is 6.79. The molecule has 0 bridgehead atoms. The number of carbonyl (C=O) groups is 2. The highest BCUT2D eigenvalue weighted by Crippen LogP contribution is 2.08. The number of rotatable bonds is 6. The molecule has 0 aliphatic carbocycles. The zero-order chi connectivity index (χ0) is 15.2. The van der Waals surface area contributed by atoms with Gasteiger partial charge in [-0.25, -0.2) is 4.79 Å². The van der Waals surface area contributed by atoms with Gasteiger partial charge in [-0.15, -0.1) is 0 Å². The molecule has 5 heteroatoms. The molecule has 5 nitrogen and oxygen atoms in total. The molecule has 110 valence electrons. The first-order valence-corrected chi connectivity index (χ1v) is 6.79. The van der Waals surface area contributed by atoms with Gasteiger partial charge in [0.25, 0.3) is 5.91 Å². The molecule has 1 aromatic carbocycles. The van der Waals surface area contributed by atoms with Gasteiger partial charge in [0.1, 0.15) is 0 Å². The number of carbonyl (C=O) groups excluding carboxylic acids is 1. The Balaban J connectivity index is 1.84. The number of aromatic carboxylic acids is 1. The molecule has 0 radical (unpaired) electrons. The van der Waals surface area contributed by atoms with Crippen LogP contribution in [0.25, 0.3) is 0 Å². The van der Waals surface area contributed by atoms with Gasteiger partial charge in [-0.1, -0.05) is 31.2 Å². The lowest BCUT2D eigenvalue weighted by atomic mass is 10.1. The predicted octanol–water partition coefficient (Wildman–Crippen LogP) is 2.51. The Bertz CT molecular complexity index is 628. The zero-order valence-electron chi connectivity index (χ0n) is 11.8. The Morgan fingerprint density at radius 1 is 1.05 bits per heavy atom. The van der Waals surface area contributed by atoms with Crippen LogP contribution in [0.1, 0.15) is 39.2 Å². The highest BCUT2D eigenvalue weighted by Gasteiger charge is 2.14. The number of benzene rings is 1. The van der Waals surface area contributed by atoms with E-state index < -0.39 is 11.9 Å². The maximum Gasteiger partial charge on any atom is 0.371 e. The molecule has 0 saturated heterocycles. The second-order valence-corrected chi connectivity index (χ2v) is 4.65. The number of furan rings is 1. The fourth-order valence-corrected chi connectivity index (χ4v) is 1.92. The van der Waals surface area contributed by atoms with Gasteiger partial charge in [-0.3, -0.25) is 4.79 Å². The maximum atomic E-state index is 11.8. The van der Waals surface area contributed by atoms with E-state index in [0.29, 0.717) is 13.0 Å².